The van der Waals surface area contributed by atoms with Gasteiger partial charge in [0.25, 0.3) is 5.91 Å². The van der Waals surface area contributed by atoms with Crippen molar-refractivity contribution in [2.75, 3.05) is 23.6 Å². The number of para-hydroxylation sites is 2. The maximum absolute atomic E-state index is 13.5. The molecule has 30 heavy (non-hydrogen) atoms. The lowest BCUT2D eigenvalue weighted by Gasteiger charge is -2.38. The third kappa shape index (κ3) is 2.86. The van der Waals surface area contributed by atoms with Crippen LogP contribution in [0.15, 0.2) is 60.7 Å². The molecule has 5 rings (SSSR count). The Kier molecular flexibility index (Phi) is 4.35. The van der Waals surface area contributed by atoms with Gasteiger partial charge in [-0.15, -0.1) is 0 Å². The van der Waals surface area contributed by atoms with Crippen molar-refractivity contribution in [3.63, 3.8) is 0 Å². The molecule has 2 N–H and O–H groups in total. The van der Waals surface area contributed by atoms with E-state index in [1.807, 2.05) is 25.1 Å². The number of aromatic hydroxyl groups is 1. The van der Waals surface area contributed by atoms with Gasteiger partial charge in [0, 0.05) is 17.3 Å². The van der Waals surface area contributed by atoms with Gasteiger partial charge in [-0.3, -0.25) is 9.69 Å². The van der Waals surface area contributed by atoms with Gasteiger partial charge in [0.1, 0.15) is 6.17 Å². The molecule has 0 radical (unpaired) electrons. The smallest absolute Gasteiger partial charge is 0.262 e. The second kappa shape index (κ2) is 7.18. The first-order valence-corrected chi connectivity index (χ1v) is 9.71. The van der Waals surface area contributed by atoms with Gasteiger partial charge in [0.2, 0.25) is 6.79 Å². The van der Waals surface area contributed by atoms with E-state index in [2.05, 4.69) is 5.32 Å². The van der Waals surface area contributed by atoms with Crippen molar-refractivity contribution in [1.29, 1.82) is 0 Å². The molecule has 3 aromatic carbocycles. The fraction of sp³-hybridized carbons (Fsp3) is 0.174. The number of rotatable bonds is 4. The van der Waals surface area contributed by atoms with Gasteiger partial charge in [-0.25, -0.2) is 0 Å². The van der Waals surface area contributed by atoms with Gasteiger partial charge in [-0.05, 0) is 37.3 Å². The molecule has 0 bridgehead atoms. The number of nitrogens with one attached hydrogen (secondary N) is 1. The number of benzene rings is 3. The van der Waals surface area contributed by atoms with Crippen LogP contribution in [0.3, 0.4) is 0 Å². The molecule has 0 aromatic heterocycles. The van der Waals surface area contributed by atoms with Crippen molar-refractivity contribution in [1.82, 2.24) is 0 Å². The average Bonchev–Trinajstić information content (AvgIpc) is 3.23. The highest BCUT2D eigenvalue weighted by atomic mass is 16.7. The number of phenolic OH excluding ortho intramolecular Hbond substituents is 1. The van der Waals surface area contributed by atoms with Crippen molar-refractivity contribution >= 4 is 17.3 Å². The molecule has 2 aliphatic heterocycles. The molecule has 7 nitrogen and oxygen atoms in total. The molecule has 7 heteroatoms. The van der Waals surface area contributed by atoms with Crippen LogP contribution in [-0.2, 0) is 0 Å². The minimum absolute atomic E-state index is 0.00484. The zero-order valence-corrected chi connectivity index (χ0v) is 16.3. The lowest BCUT2D eigenvalue weighted by Crippen LogP contribution is -2.43. The second-order valence-electron chi connectivity index (χ2n) is 6.93. The van der Waals surface area contributed by atoms with Gasteiger partial charge < -0.3 is 24.6 Å². The molecule has 2 heterocycles. The van der Waals surface area contributed by atoms with E-state index in [1.54, 1.807) is 47.4 Å². The van der Waals surface area contributed by atoms with Crippen molar-refractivity contribution in [3.8, 4) is 23.0 Å². The molecule has 0 saturated heterocycles. The summed E-state index contributed by atoms with van der Waals surface area (Å²) in [6.45, 7) is 2.42. The number of hydrogen-bond acceptors (Lipinski definition) is 6. The fourth-order valence-corrected chi connectivity index (χ4v) is 3.80. The molecule has 2 aliphatic rings. The summed E-state index contributed by atoms with van der Waals surface area (Å²) in [4.78, 5) is 15.1. The van der Waals surface area contributed by atoms with E-state index in [0.29, 0.717) is 46.4 Å². The van der Waals surface area contributed by atoms with E-state index in [1.165, 1.54) is 0 Å². The third-order valence-electron chi connectivity index (χ3n) is 5.19. The summed E-state index contributed by atoms with van der Waals surface area (Å²) in [6, 6.07) is 17.9. The van der Waals surface area contributed by atoms with Crippen molar-refractivity contribution in [3.05, 3.63) is 71.8 Å². The SMILES string of the molecule is CCOc1cccc([C@@H]2Nc3ccccc3C(=O)N2c2ccc3c(c2)OCO3)c1O. The van der Waals surface area contributed by atoms with Crippen LogP contribution < -0.4 is 24.4 Å². The van der Waals surface area contributed by atoms with Crippen LogP contribution in [0.5, 0.6) is 23.0 Å². The number of carbonyl (C=O) groups is 1. The quantitative estimate of drug-likeness (QED) is 0.675. The van der Waals surface area contributed by atoms with E-state index in [9.17, 15) is 9.90 Å². The highest BCUT2D eigenvalue weighted by Gasteiger charge is 2.36. The van der Waals surface area contributed by atoms with E-state index < -0.39 is 6.17 Å². The number of nitrogens with zero attached hydrogens (tertiary/aromatic N) is 1. The first-order chi connectivity index (χ1) is 14.7. The standard InChI is InChI=1S/C23H20N2O5/c1-2-28-19-9-5-7-16(21(19)26)22-24-17-8-4-3-6-15(17)23(27)25(22)14-10-11-18-20(12-14)30-13-29-18/h3-12,22,24,26H,2,13H2,1H3/t22-/m1/s1. The first kappa shape index (κ1) is 18.2. The first-order valence-electron chi connectivity index (χ1n) is 9.71. The number of phenols is 1. The van der Waals surface area contributed by atoms with E-state index >= 15 is 0 Å². The molecule has 3 aromatic rings. The van der Waals surface area contributed by atoms with Crippen molar-refractivity contribution in [2.24, 2.45) is 0 Å². The minimum atomic E-state index is -0.645. The maximum atomic E-state index is 13.5. The maximum Gasteiger partial charge on any atom is 0.262 e. The molecular weight excluding hydrogens is 384 g/mol. The minimum Gasteiger partial charge on any atom is -0.504 e. The topological polar surface area (TPSA) is 80.3 Å². The number of anilines is 2. The summed E-state index contributed by atoms with van der Waals surface area (Å²) < 4.78 is 16.4. The normalized spacial score (nSPS) is 16.8. The van der Waals surface area contributed by atoms with Crippen molar-refractivity contribution < 1.29 is 24.1 Å². The van der Waals surface area contributed by atoms with Crippen LogP contribution in [0.4, 0.5) is 11.4 Å². The number of fused-ring (bicyclic) bond motifs is 2. The van der Waals surface area contributed by atoms with Gasteiger partial charge in [-0.1, -0.05) is 24.3 Å². The molecule has 1 atom stereocenters. The number of hydrogen-bond donors (Lipinski definition) is 2. The van der Waals surface area contributed by atoms with Gasteiger partial charge in [0.15, 0.2) is 23.0 Å². The molecule has 0 unspecified atom stereocenters. The van der Waals surface area contributed by atoms with Gasteiger partial charge in [0.05, 0.1) is 17.9 Å². The Morgan fingerprint density at radius 3 is 2.80 bits per heavy atom. The Hall–Kier alpha value is -3.87. The van der Waals surface area contributed by atoms with Crippen molar-refractivity contribution in [2.45, 2.75) is 13.1 Å². The Morgan fingerprint density at radius 2 is 1.93 bits per heavy atom. The molecule has 152 valence electrons. The summed E-state index contributed by atoms with van der Waals surface area (Å²) in [5, 5.41) is 14.3. The molecule has 1 amide bonds. The van der Waals surface area contributed by atoms with Crippen LogP contribution in [0.2, 0.25) is 0 Å². The highest BCUT2D eigenvalue weighted by Crippen LogP contribution is 2.44. The number of carbonyl (C=O) groups excluding carboxylic acids is 1. The monoisotopic (exact) mass is 404 g/mol. The summed E-state index contributed by atoms with van der Waals surface area (Å²) >= 11 is 0. The predicted octanol–water partition coefficient (Wildman–Crippen LogP) is 4.29. The summed E-state index contributed by atoms with van der Waals surface area (Å²) in [7, 11) is 0. The Labute approximate surface area is 173 Å². The zero-order chi connectivity index (χ0) is 20.7. The van der Waals surface area contributed by atoms with Crippen LogP contribution in [-0.4, -0.2) is 24.4 Å². The number of ether oxygens (including phenoxy) is 3. The number of amides is 1. The summed E-state index contributed by atoms with van der Waals surface area (Å²) in [5.41, 5.74) is 2.40. The van der Waals surface area contributed by atoms with Crippen LogP contribution in [0.25, 0.3) is 0 Å². The molecule has 0 aliphatic carbocycles. The predicted molar refractivity (Wildman–Crippen MR) is 111 cm³/mol. The molecular formula is C23H20N2O5. The van der Waals surface area contributed by atoms with E-state index in [-0.39, 0.29) is 18.4 Å². The lowest BCUT2D eigenvalue weighted by molar-refractivity contribution is 0.0974. The summed E-state index contributed by atoms with van der Waals surface area (Å²) in [5.74, 6) is 1.39. The Morgan fingerprint density at radius 1 is 1.10 bits per heavy atom. The van der Waals surface area contributed by atoms with E-state index in [4.69, 9.17) is 14.2 Å². The Bertz CT molecular complexity index is 1130. The van der Waals surface area contributed by atoms with E-state index in [0.717, 1.165) is 0 Å². The third-order valence-corrected chi connectivity index (χ3v) is 5.19. The van der Waals surface area contributed by atoms with Gasteiger partial charge >= 0.3 is 0 Å². The van der Waals surface area contributed by atoms with Crippen LogP contribution in [0.1, 0.15) is 29.0 Å². The average molecular weight is 404 g/mol. The second-order valence-corrected chi connectivity index (χ2v) is 6.93. The van der Waals surface area contributed by atoms with Gasteiger partial charge in [-0.2, -0.15) is 0 Å². The van der Waals surface area contributed by atoms with Crippen LogP contribution >= 0.6 is 0 Å². The largest absolute Gasteiger partial charge is 0.504 e. The fourth-order valence-electron chi connectivity index (χ4n) is 3.80. The molecule has 0 spiro atoms. The molecule has 0 saturated carbocycles. The Balaban J connectivity index is 1.66. The summed E-state index contributed by atoms with van der Waals surface area (Å²) in [6.07, 6.45) is -0.645. The zero-order valence-electron chi connectivity index (χ0n) is 16.3. The highest BCUT2D eigenvalue weighted by molar-refractivity contribution is 6.12. The lowest BCUT2D eigenvalue weighted by atomic mass is 10.0. The molecule has 0 fully saturated rings. The van der Waals surface area contributed by atoms with Crippen LogP contribution in [0, 0.1) is 0 Å².